The average Bonchev–Trinajstić information content (AvgIpc) is 3.13. The zero-order chi connectivity index (χ0) is 39.0. The molecule has 4 aromatic rings. The van der Waals surface area contributed by atoms with Gasteiger partial charge in [0, 0.05) is 36.4 Å². The highest BCUT2D eigenvalue weighted by molar-refractivity contribution is 7.91. The average molecular weight is 757 g/mol. The Labute approximate surface area is 318 Å². The fourth-order valence-corrected chi connectivity index (χ4v) is 8.63. The molecule has 3 amide bonds. The zero-order valence-corrected chi connectivity index (χ0v) is 32.4. The molecule has 288 valence electrons. The first-order valence-electron chi connectivity index (χ1n) is 18.4. The molecule has 1 aliphatic rings. The van der Waals surface area contributed by atoms with Crippen LogP contribution in [-0.2, 0) is 31.6 Å². The van der Waals surface area contributed by atoms with Crippen LogP contribution in [0, 0.1) is 5.92 Å². The molecule has 5 atom stereocenters. The second kappa shape index (κ2) is 17.6. The summed E-state index contributed by atoms with van der Waals surface area (Å²) in [5.41, 5.74) is 1.71. The third-order valence-electron chi connectivity index (χ3n) is 9.64. The molecule has 0 spiro atoms. The van der Waals surface area contributed by atoms with Crippen LogP contribution in [0.25, 0.3) is 10.9 Å². The van der Waals surface area contributed by atoms with Gasteiger partial charge in [0.2, 0.25) is 11.8 Å². The van der Waals surface area contributed by atoms with E-state index in [4.69, 9.17) is 0 Å². The fourth-order valence-electron chi connectivity index (χ4n) is 6.82. The number of aliphatic hydroxyl groups excluding tert-OH is 1. The lowest BCUT2D eigenvalue weighted by Crippen LogP contribution is -2.60. The number of pyridine rings is 2. The SMILES string of the molecule is CC(C)[C@H](NC(=O)c1ccc2ccccc2n1)C(=O)N[C@@H](Cc1ccccc1)[C@H](O)CN1CC[C@@H](S(=O)(=O)Cc2cccnc2)CC1C(=O)NC(C)(C)C. The summed E-state index contributed by atoms with van der Waals surface area (Å²) in [6.45, 7) is 9.46. The molecule has 12 nitrogen and oxygen atoms in total. The Morgan fingerprint density at radius 2 is 1.63 bits per heavy atom. The van der Waals surface area contributed by atoms with Crippen molar-refractivity contribution in [3.63, 3.8) is 0 Å². The summed E-state index contributed by atoms with van der Waals surface area (Å²) in [6, 6.07) is 21.1. The van der Waals surface area contributed by atoms with Crippen LogP contribution in [0.3, 0.4) is 0 Å². The number of hydrogen-bond acceptors (Lipinski definition) is 9. The molecule has 54 heavy (non-hydrogen) atoms. The van der Waals surface area contributed by atoms with Crippen molar-refractivity contribution in [3.05, 3.63) is 108 Å². The van der Waals surface area contributed by atoms with Crippen LogP contribution >= 0.6 is 0 Å². The predicted octanol–water partition coefficient (Wildman–Crippen LogP) is 3.84. The molecule has 1 unspecified atom stereocenters. The van der Waals surface area contributed by atoms with Gasteiger partial charge in [-0.15, -0.1) is 0 Å². The number of carbonyl (C=O) groups excluding carboxylic acids is 3. The number of rotatable bonds is 14. The van der Waals surface area contributed by atoms with Gasteiger partial charge >= 0.3 is 0 Å². The standard InChI is InChI=1S/C41H52N6O6S/c1-27(2)37(45-38(49)33-18-17-30-15-9-10-16-32(30)43-33)40(51)44-34(22-28-12-7-6-8-13-28)36(48)25-47-21-19-31(23-35(47)39(50)46-41(3,4)5)54(52,53)26-29-14-11-20-42-24-29/h6-18,20,24,27,31,34-37,48H,19,21-23,25-26H2,1-5H3,(H,44,51)(H,45,49)(H,46,50)/t31-,34+,35?,36-,37+/m1/s1. The Balaban J connectivity index is 1.35. The van der Waals surface area contributed by atoms with Gasteiger partial charge in [-0.25, -0.2) is 13.4 Å². The van der Waals surface area contributed by atoms with Crippen molar-refractivity contribution in [1.82, 2.24) is 30.8 Å². The molecular weight excluding hydrogens is 705 g/mol. The molecule has 1 aliphatic heterocycles. The highest BCUT2D eigenvalue weighted by Crippen LogP contribution is 2.27. The van der Waals surface area contributed by atoms with Crippen LogP contribution in [0.15, 0.2) is 91.3 Å². The number of benzene rings is 2. The summed E-state index contributed by atoms with van der Waals surface area (Å²) in [4.78, 5) is 51.5. The number of amides is 3. The van der Waals surface area contributed by atoms with Crippen molar-refractivity contribution in [3.8, 4) is 0 Å². The summed E-state index contributed by atoms with van der Waals surface area (Å²) in [6.07, 6.45) is 2.56. The van der Waals surface area contributed by atoms with Gasteiger partial charge in [-0.05, 0) is 75.3 Å². The van der Waals surface area contributed by atoms with E-state index in [1.54, 1.807) is 24.4 Å². The van der Waals surface area contributed by atoms with E-state index in [0.29, 0.717) is 11.1 Å². The van der Waals surface area contributed by atoms with Gasteiger partial charge in [0.1, 0.15) is 11.7 Å². The number of para-hydroxylation sites is 1. The summed E-state index contributed by atoms with van der Waals surface area (Å²) in [7, 11) is -3.64. The van der Waals surface area contributed by atoms with E-state index >= 15 is 0 Å². The first kappa shape index (κ1) is 40.5. The Hall–Kier alpha value is -4.72. The summed E-state index contributed by atoms with van der Waals surface area (Å²) in [5, 5.41) is 20.9. The maximum absolute atomic E-state index is 14.0. The zero-order valence-electron chi connectivity index (χ0n) is 31.6. The molecule has 4 N–H and O–H groups in total. The second-order valence-electron chi connectivity index (χ2n) is 15.5. The minimum Gasteiger partial charge on any atom is -0.390 e. The van der Waals surface area contributed by atoms with Crippen LogP contribution in [0.1, 0.15) is 69.1 Å². The van der Waals surface area contributed by atoms with Gasteiger partial charge in [-0.1, -0.05) is 74.5 Å². The second-order valence-corrected chi connectivity index (χ2v) is 17.8. The number of hydrogen-bond donors (Lipinski definition) is 4. The number of piperidine rings is 1. The largest absolute Gasteiger partial charge is 0.390 e. The lowest BCUT2D eigenvalue weighted by molar-refractivity contribution is -0.130. The maximum atomic E-state index is 14.0. The van der Waals surface area contributed by atoms with Crippen LogP contribution in [0.2, 0.25) is 0 Å². The number of sulfone groups is 1. The van der Waals surface area contributed by atoms with Gasteiger partial charge in [-0.2, -0.15) is 0 Å². The lowest BCUT2D eigenvalue weighted by Gasteiger charge is -2.41. The van der Waals surface area contributed by atoms with Crippen molar-refractivity contribution in [2.75, 3.05) is 13.1 Å². The van der Waals surface area contributed by atoms with E-state index in [1.165, 1.54) is 6.20 Å². The van der Waals surface area contributed by atoms with E-state index in [9.17, 15) is 27.9 Å². The van der Waals surface area contributed by atoms with E-state index in [-0.39, 0.29) is 55.6 Å². The molecule has 0 radical (unpaired) electrons. The van der Waals surface area contributed by atoms with Crippen molar-refractivity contribution in [1.29, 1.82) is 0 Å². The third-order valence-corrected chi connectivity index (χ3v) is 11.8. The molecule has 1 fully saturated rings. The number of nitrogens with zero attached hydrogens (tertiary/aromatic N) is 3. The van der Waals surface area contributed by atoms with E-state index < -0.39 is 56.7 Å². The lowest BCUT2D eigenvalue weighted by atomic mass is 9.95. The molecule has 1 saturated heterocycles. The summed E-state index contributed by atoms with van der Waals surface area (Å²) >= 11 is 0. The molecule has 0 aliphatic carbocycles. The van der Waals surface area contributed by atoms with Crippen LogP contribution < -0.4 is 16.0 Å². The normalized spacial score (nSPS) is 18.4. The van der Waals surface area contributed by atoms with Gasteiger partial charge in [0.05, 0.1) is 34.7 Å². The quantitative estimate of drug-likeness (QED) is 0.149. The number of fused-ring (bicyclic) bond motifs is 1. The number of carbonyl (C=O) groups is 3. The summed E-state index contributed by atoms with van der Waals surface area (Å²) < 4.78 is 27.2. The fraction of sp³-hybridized carbons (Fsp3) is 0.439. The highest BCUT2D eigenvalue weighted by Gasteiger charge is 2.41. The monoisotopic (exact) mass is 756 g/mol. The van der Waals surface area contributed by atoms with Crippen LogP contribution in [0.4, 0.5) is 0 Å². The maximum Gasteiger partial charge on any atom is 0.270 e. The molecule has 0 saturated carbocycles. The molecule has 13 heteroatoms. The smallest absolute Gasteiger partial charge is 0.270 e. The number of likely N-dealkylation sites (tertiary alicyclic amines) is 1. The number of β-amino-alcohol motifs (C(OH)–C–C–N with tert-alkyl or cyclic N) is 1. The molecule has 0 bridgehead atoms. The number of aromatic nitrogens is 2. The Morgan fingerprint density at radius 3 is 2.31 bits per heavy atom. The van der Waals surface area contributed by atoms with Gasteiger partial charge in [0.25, 0.3) is 5.91 Å². The molecule has 3 heterocycles. The Morgan fingerprint density at radius 1 is 0.926 bits per heavy atom. The van der Waals surface area contributed by atoms with Crippen molar-refractivity contribution < 1.29 is 27.9 Å². The third kappa shape index (κ3) is 10.9. The minimum absolute atomic E-state index is 0.00486. The topological polar surface area (TPSA) is 171 Å². The first-order chi connectivity index (χ1) is 25.6. The predicted molar refractivity (Wildman–Crippen MR) is 209 cm³/mol. The molecular formula is C41H52N6O6S. The van der Waals surface area contributed by atoms with Crippen molar-refractivity contribution >= 4 is 38.5 Å². The molecule has 2 aromatic carbocycles. The highest BCUT2D eigenvalue weighted by atomic mass is 32.2. The molecule has 5 rings (SSSR count). The van der Waals surface area contributed by atoms with Gasteiger partial charge in [0.15, 0.2) is 9.84 Å². The summed E-state index contributed by atoms with van der Waals surface area (Å²) in [5.74, 6) is -1.78. The Bertz CT molecular complexity index is 2000. The van der Waals surface area contributed by atoms with E-state index in [0.717, 1.165) is 10.9 Å². The van der Waals surface area contributed by atoms with Crippen LogP contribution in [0.5, 0.6) is 0 Å². The number of aliphatic hydroxyl groups is 1. The van der Waals surface area contributed by atoms with Gasteiger partial charge < -0.3 is 21.1 Å². The van der Waals surface area contributed by atoms with Gasteiger partial charge in [-0.3, -0.25) is 24.3 Å². The van der Waals surface area contributed by atoms with Crippen LogP contribution in [-0.4, -0.2) is 94.2 Å². The molecule has 2 aromatic heterocycles. The van der Waals surface area contributed by atoms with E-state index in [2.05, 4.69) is 25.9 Å². The number of nitrogens with one attached hydrogen (secondary N) is 3. The Kier molecular flexibility index (Phi) is 13.2. The first-order valence-corrected chi connectivity index (χ1v) is 20.2. The van der Waals surface area contributed by atoms with Crippen molar-refractivity contribution in [2.45, 2.75) is 94.7 Å². The minimum atomic E-state index is -3.64. The van der Waals surface area contributed by atoms with E-state index in [1.807, 2.05) is 100 Å². The van der Waals surface area contributed by atoms with Crippen molar-refractivity contribution in [2.24, 2.45) is 5.92 Å².